The van der Waals surface area contributed by atoms with E-state index in [4.69, 9.17) is 0 Å². The van der Waals surface area contributed by atoms with E-state index in [1.54, 1.807) is 0 Å². The van der Waals surface area contributed by atoms with E-state index >= 15 is 0 Å². The van der Waals surface area contributed by atoms with Gasteiger partial charge < -0.3 is 5.11 Å². The van der Waals surface area contributed by atoms with E-state index in [9.17, 15) is 5.11 Å². The van der Waals surface area contributed by atoms with E-state index in [0.29, 0.717) is 5.92 Å². The van der Waals surface area contributed by atoms with Crippen LogP contribution >= 0.6 is 0 Å². The first-order valence-corrected chi connectivity index (χ1v) is 8.31. The Labute approximate surface area is 114 Å². The standard InChI is InChI=1S/C17H34O/c1-4-5-6-7-8-9-10-13-17(18)14-15(2)11-12-16(17)3/h15-16,18H,4-14H2,1-3H3. The third-order valence-electron chi connectivity index (χ3n) is 4.92. The highest BCUT2D eigenvalue weighted by molar-refractivity contribution is 4.89. The minimum absolute atomic E-state index is 0.346. The van der Waals surface area contributed by atoms with E-state index < -0.39 is 0 Å². The van der Waals surface area contributed by atoms with Crippen molar-refractivity contribution in [2.75, 3.05) is 0 Å². The molecule has 1 aliphatic carbocycles. The van der Waals surface area contributed by atoms with Crippen LogP contribution in [0.25, 0.3) is 0 Å². The molecule has 1 heteroatoms. The van der Waals surface area contributed by atoms with Crippen molar-refractivity contribution in [1.29, 1.82) is 0 Å². The molecule has 0 heterocycles. The predicted molar refractivity (Wildman–Crippen MR) is 79.7 cm³/mol. The normalized spacial score (nSPS) is 32.7. The summed E-state index contributed by atoms with van der Waals surface area (Å²) in [4.78, 5) is 0. The summed E-state index contributed by atoms with van der Waals surface area (Å²) in [6.07, 6.45) is 14.0. The lowest BCUT2D eigenvalue weighted by atomic mass is 9.70. The van der Waals surface area contributed by atoms with E-state index in [1.807, 2.05) is 0 Å². The van der Waals surface area contributed by atoms with Crippen LogP contribution in [0.3, 0.4) is 0 Å². The Morgan fingerprint density at radius 1 is 0.944 bits per heavy atom. The van der Waals surface area contributed by atoms with Gasteiger partial charge in [0, 0.05) is 0 Å². The number of aliphatic hydroxyl groups is 1. The van der Waals surface area contributed by atoms with Crippen molar-refractivity contribution in [3.8, 4) is 0 Å². The fraction of sp³-hybridized carbons (Fsp3) is 1.00. The number of hydrogen-bond donors (Lipinski definition) is 1. The summed E-state index contributed by atoms with van der Waals surface area (Å²) in [6.45, 7) is 6.80. The van der Waals surface area contributed by atoms with Gasteiger partial charge in [-0.2, -0.15) is 0 Å². The second-order valence-electron chi connectivity index (χ2n) is 6.76. The van der Waals surface area contributed by atoms with Gasteiger partial charge in [0.25, 0.3) is 0 Å². The molecule has 0 aromatic heterocycles. The zero-order valence-corrected chi connectivity index (χ0v) is 12.9. The molecule has 0 aromatic carbocycles. The minimum Gasteiger partial charge on any atom is -0.390 e. The molecule has 1 aliphatic rings. The van der Waals surface area contributed by atoms with Gasteiger partial charge in [0.2, 0.25) is 0 Å². The second-order valence-corrected chi connectivity index (χ2v) is 6.76. The van der Waals surface area contributed by atoms with Gasteiger partial charge in [0.15, 0.2) is 0 Å². The first-order valence-electron chi connectivity index (χ1n) is 8.31. The van der Waals surface area contributed by atoms with Crippen LogP contribution in [0, 0.1) is 11.8 Å². The van der Waals surface area contributed by atoms with Gasteiger partial charge in [-0.25, -0.2) is 0 Å². The topological polar surface area (TPSA) is 20.2 Å². The average Bonchev–Trinajstić information content (AvgIpc) is 2.33. The largest absolute Gasteiger partial charge is 0.390 e. The van der Waals surface area contributed by atoms with Crippen molar-refractivity contribution in [2.45, 2.75) is 97.0 Å². The van der Waals surface area contributed by atoms with Crippen LogP contribution in [-0.4, -0.2) is 10.7 Å². The molecule has 3 unspecified atom stereocenters. The van der Waals surface area contributed by atoms with Gasteiger partial charge in [0.1, 0.15) is 0 Å². The second kappa shape index (κ2) is 8.19. The Morgan fingerprint density at radius 3 is 2.22 bits per heavy atom. The molecule has 0 aliphatic heterocycles. The molecule has 3 atom stereocenters. The van der Waals surface area contributed by atoms with E-state index in [-0.39, 0.29) is 5.60 Å². The maximum Gasteiger partial charge on any atom is 0.0675 e. The van der Waals surface area contributed by atoms with Crippen molar-refractivity contribution in [2.24, 2.45) is 11.8 Å². The molecule has 0 radical (unpaired) electrons. The first kappa shape index (κ1) is 16.0. The van der Waals surface area contributed by atoms with Gasteiger partial charge in [-0.3, -0.25) is 0 Å². The van der Waals surface area contributed by atoms with Crippen LogP contribution in [-0.2, 0) is 0 Å². The number of hydrogen-bond acceptors (Lipinski definition) is 1. The summed E-state index contributed by atoms with van der Waals surface area (Å²) in [7, 11) is 0. The molecule has 1 nitrogen and oxygen atoms in total. The molecule has 0 aromatic rings. The molecule has 0 bridgehead atoms. The molecule has 1 fully saturated rings. The Kier molecular flexibility index (Phi) is 7.29. The highest BCUT2D eigenvalue weighted by atomic mass is 16.3. The Morgan fingerprint density at radius 2 is 1.56 bits per heavy atom. The van der Waals surface area contributed by atoms with Crippen LogP contribution in [0.5, 0.6) is 0 Å². The van der Waals surface area contributed by atoms with E-state index in [1.165, 1.54) is 57.8 Å². The number of unbranched alkanes of at least 4 members (excludes halogenated alkanes) is 6. The van der Waals surface area contributed by atoms with E-state index in [2.05, 4.69) is 20.8 Å². The van der Waals surface area contributed by atoms with Gasteiger partial charge in [-0.1, -0.05) is 72.1 Å². The zero-order chi connectivity index (χ0) is 13.4. The SMILES string of the molecule is CCCCCCCCCC1(O)CC(C)CCC1C. The minimum atomic E-state index is -0.346. The van der Waals surface area contributed by atoms with E-state index in [0.717, 1.165) is 18.8 Å². The van der Waals surface area contributed by atoms with Gasteiger partial charge >= 0.3 is 0 Å². The highest BCUT2D eigenvalue weighted by Crippen LogP contribution is 2.40. The van der Waals surface area contributed by atoms with Crippen molar-refractivity contribution in [1.82, 2.24) is 0 Å². The zero-order valence-electron chi connectivity index (χ0n) is 12.9. The van der Waals surface area contributed by atoms with Crippen LogP contribution in [0.15, 0.2) is 0 Å². The lowest BCUT2D eigenvalue weighted by Crippen LogP contribution is -2.41. The predicted octanol–water partition coefficient (Wildman–Crippen LogP) is 5.31. The number of rotatable bonds is 8. The van der Waals surface area contributed by atoms with Crippen LogP contribution in [0.2, 0.25) is 0 Å². The molecular formula is C17H34O. The van der Waals surface area contributed by atoms with Crippen molar-refractivity contribution >= 4 is 0 Å². The molecule has 0 saturated heterocycles. The molecule has 0 spiro atoms. The van der Waals surface area contributed by atoms with Gasteiger partial charge in [0.05, 0.1) is 5.60 Å². The summed E-state index contributed by atoms with van der Waals surface area (Å²) in [6, 6.07) is 0. The Bertz CT molecular complexity index is 214. The Balaban J connectivity index is 2.13. The van der Waals surface area contributed by atoms with Crippen molar-refractivity contribution in [3.05, 3.63) is 0 Å². The molecule has 18 heavy (non-hydrogen) atoms. The maximum absolute atomic E-state index is 10.8. The quantitative estimate of drug-likeness (QED) is 0.582. The lowest BCUT2D eigenvalue weighted by Gasteiger charge is -2.41. The molecular weight excluding hydrogens is 220 g/mol. The molecule has 1 rings (SSSR count). The molecule has 0 amide bonds. The van der Waals surface area contributed by atoms with Crippen molar-refractivity contribution < 1.29 is 5.11 Å². The maximum atomic E-state index is 10.8. The molecule has 1 N–H and O–H groups in total. The van der Waals surface area contributed by atoms with Gasteiger partial charge in [-0.05, 0) is 31.1 Å². The summed E-state index contributed by atoms with van der Waals surface area (Å²) in [5.74, 6) is 1.23. The Hall–Kier alpha value is -0.0400. The third-order valence-corrected chi connectivity index (χ3v) is 4.92. The molecule has 108 valence electrons. The van der Waals surface area contributed by atoms with Crippen molar-refractivity contribution in [3.63, 3.8) is 0 Å². The van der Waals surface area contributed by atoms with Crippen LogP contribution < -0.4 is 0 Å². The summed E-state index contributed by atoms with van der Waals surface area (Å²) in [5.41, 5.74) is -0.346. The average molecular weight is 254 g/mol. The lowest BCUT2D eigenvalue weighted by molar-refractivity contribution is -0.0644. The fourth-order valence-corrected chi connectivity index (χ4v) is 3.45. The van der Waals surface area contributed by atoms with Gasteiger partial charge in [-0.15, -0.1) is 0 Å². The highest BCUT2D eigenvalue weighted by Gasteiger charge is 2.37. The van der Waals surface area contributed by atoms with Crippen LogP contribution in [0.4, 0.5) is 0 Å². The summed E-state index contributed by atoms with van der Waals surface area (Å²) in [5, 5.41) is 10.8. The molecule has 1 saturated carbocycles. The summed E-state index contributed by atoms with van der Waals surface area (Å²) < 4.78 is 0. The third kappa shape index (κ3) is 5.30. The summed E-state index contributed by atoms with van der Waals surface area (Å²) >= 11 is 0. The fourth-order valence-electron chi connectivity index (χ4n) is 3.45. The first-order chi connectivity index (χ1) is 8.58. The van der Waals surface area contributed by atoms with Crippen LogP contribution in [0.1, 0.15) is 91.4 Å². The smallest absolute Gasteiger partial charge is 0.0675 e. The monoisotopic (exact) mass is 254 g/mol.